The Kier molecular flexibility index (Phi) is 8.19. The highest BCUT2D eigenvalue weighted by molar-refractivity contribution is 9.10. The van der Waals surface area contributed by atoms with Crippen LogP contribution in [0.5, 0.6) is 17.2 Å². The van der Waals surface area contributed by atoms with E-state index in [2.05, 4.69) is 20.9 Å². The Bertz CT molecular complexity index is 1560. The van der Waals surface area contributed by atoms with Crippen molar-refractivity contribution in [3.8, 4) is 17.2 Å². The predicted molar refractivity (Wildman–Crippen MR) is 145 cm³/mol. The van der Waals surface area contributed by atoms with Gasteiger partial charge >= 0.3 is 5.97 Å². The number of hydrogen-bond donors (Lipinski definition) is 0. The fraction of sp³-hybridized carbons (Fsp3) is 0.296. The van der Waals surface area contributed by atoms with Gasteiger partial charge in [0.2, 0.25) is 0 Å². The highest BCUT2D eigenvalue weighted by Gasteiger charge is 2.35. The van der Waals surface area contributed by atoms with E-state index >= 15 is 0 Å². The van der Waals surface area contributed by atoms with Crippen molar-refractivity contribution in [2.45, 2.75) is 26.8 Å². The summed E-state index contributed by atoms with van der Waals surface area (Å²) in [5.41, 5.74) is 1.92. The molecule has 1 aliphatic rings. The van der Waals surface area contributed by atoms with E-state index in [-0.39, 0.29) is 12.2 Å². The summed E-state index contributed by atoms with van der Waals surface area (Å²) in [5.74, 6) is 1.18. The zero-order valence-corrected chi connectivity index (χ0v) is 23.6. The average Bonchev–Trinajstić information content (AvgIpc) is 3.19. The fourth-order valence-electron chi connectivity index (χ4n) is 4.21. The fourth-order valence-corrected chi connectivity index (χ4v) is 5.68. The lowest BCUT2D eigenvalue weighted by Crippen LogP contribution is -2.40. The van der Waals surface area contributed by atoms with Crippen LogP contribution in [0.25, 0.3) is 6.08 Å². The summed E-state index contributed by atoms with van der Waals surface area (Å²) in [4.78, 5) is 32.1. The first-order chi connectivity index (χ1) is 17.8. The summed E-state index contributed by atoms with van der Waals surface area (Å²) in [5, 5.41) is 0. The molecular weight excluding hydrogens is 560 g/mol. The molecule has 1 aliphatic heterocycles. The van der Waals surface area contributed by atoms with Gasteiger partial charge in [-0.2, -0.15) is 0 Å². The number of rotatable bonds is 8. The molecule has 0 fully saturated rings. The van der Waals surface area contributed by atoms with Gasteiger partial charge in [-0.05, 0) is 50.6 Å². The monoisotopic (exact) mass is 586 g/mol. The molecule has 194 valence electrons. The molecule has 0 saturated heterocycles. The minimum absolute atomic E-state index is 0.201. The number of benzene rings is 2. The molecule has 0 radical (unpaired) electrons. The number of aromatic nitrogens is 1. The third-order valence-electron chi connectivity index (χ3n) is 5.82. The number of ether oxygens (including phenoxy) is 4. The van der Waals surface area contributed by atoms with Crippen molar-refractivity contribution in [1.82, 2.24) is 4.57 Å². The minimum Gasteiger partial charge on any atom is -0.496 e. The largest absolute Gasteiger partial charge is 0.496 e. The molecule has 4 rings (SSSR count). The quantitative estimate of drug-likeness (QED) is 0.371. The molecule has 1 atom stereocenters. The van der Waals surface area contributed by atoms with Crippen LogP contribution in [0.3, 0.4) is 0 Å². The van der Waals surface area contributed by atoms with Crippen molar-refractivity contribution < 1.29 is 23.7 Å². The number of carbonyl (C=O) groups excluding carboxylic acids is 1. The highest BCUT2D eigenvalue weighted by Crippen LogP contribution is 2.36. The average molecular weight is 587 g/mol. The Morgan fingerprint density at radius 1 is 1.11 bits per heavy atom. The molecule has 0 aliphatic carbocycles. The number of nitrogens with zero attached hydrogens (tertiary/aromatic N) is 2. The molecular formula is C27H27BrN2O6S. The SMILES string of the molecule is CCOC(=O)C1=C(C)N=c2sc(=Cc3cc(OCC)c(OC)cc3Br)c(=O)n2C1c1ccccc1OC. The van der Waals surface area contributed by atoms with Crippen LogP contribution >= 0.6 is 27.3 Å². The standard InChI is InChI=1S/C27H27BrN2O6S/c1-6-35-21-12-16(18(28)14-20(21)34-5)13-22-25(31)30-24(17-10-8-9-11-19(17)33-4)23(26(32)36-7-2)15(3)29-27(30)37-22/h8-14,24H,6-7H2,1-5H3. The number of hydrogen-bond acceptors (Lipinski definition) is 8. The van der Waals surface area contributed by atoms with Crippen LogP contribution in [-0.2, 0) is 9.53 Å². The molecule has 3 aromatic rings. The van der Waals surface area contributed by atoms with E-state index in [0.29, 0.717) is 50.0 Å². The van der Waals surface area contributed by atoms with Crippen molar-refractivity contribution in [2.75, 3.05) is 27.4 Å². The summed E-state index contributed by atoms with van der Waals surface area (Å²) >= 11 is 4.82. The van der Waals surface area contributed by atoms with Gasteiger partial charge in [0.05, 0.1) is 43.2 Å². The van der Waals surface area contributed by atoms with Crippen LogP contribution < -0.4 is 29.1 Å². The number of fused-ring (bicyclic) bond motifs is 1. The molecule has 0 bridgehead atoms. The topological polar surface area (TPSA) is 88.4 Å². The summed E-state index contributed by atoms with van der Waals surface area (Å²) in [7, 11) is 3.13. The molecule has 1 unspecified atom stereocenters. The van der Waals surface area contributed by atoms with Crippen LogP contribution in [0.1, 0.15) is 37.9 Å². The van der Waals surface area contributed by atoms with Crippen LogP contribution in [-0.4, -0.2) is 38.0 Å². The zero-order chi connectivity index (χ0) is 26.7. The second-order valence-corrected chi connectivity index (χ2v) is 9.87. The second kappa shape index (κ2) is 11.4. The first-order valence-corrected chi connectivity index (χ1v) is 13.3. The van der Waals surface area contributed by atoms with Gasteiger partial charge in [-0.15, -0.1) is 0 Å². The molecule has 0 N–H and O–H groups in total. The molecule has 2 heterocycles. The Morgan fingerprint density at radius 2 is 1.84 bits per heavy atom. The number of thiazole rings is 1. The number of esters is 1. The maximum Gasteiger partial charge on any atom is 0.338 e. The van der Waals surface area contributed by atoms with Crippen LogP contribution in [0, 0.1) is 0 Å². The van der Waals surface area contributed by atoms with E-state index in [1.807, 2.05) is 31.2 Å². The van der Waals surface area contributed by atoms with Crippen LogP contribution in [0.2, 0.25) is 0 Å². The lowest BCUT2D eigenvalue weighted by molar-refractivity contribution is -0.139. The Labute approximate surface area is 226 Å². The summed E-state index contributed by atoms with van der Waals surface area (Å²) in [6.45, 7) is 6.05. The van der Waals surface area contributed by atoms with Crippen LogP contribution in [0.4, 0.5) is 0 Å². The smallest absolute Gasteiger partial charge is 0.338 e. The van der Waals surface area contributed by atoms with Gasteiger partial charge in [0.1, 0.15) is 11.8 Å². The number of para-hydroxylation sites is 1. The summed E-state index contributed by atoms with van der Waals surface area (Å²) < 4.78 is 24.8. The Hall–Kier alpha value is -3.37. The number of halogens is 1. The number of carbonyl (C=O) groups is 1. The van der Waals surface area contributed by atoms with Crippen LogP contribution in [0.15, 0.2) is 61.9 Å². The number of methoxy groups -OCH3 is 2. The first-order valence-electron chi connectivity index (χ1n) is 11.7. The maximum atomic E-state index is 13.9. The molecule has 2 aromatic carbocycles. The normalized spacial score (nSPS) is 15.2. The van der Waals surface area contributed by atoms with E-state index < -0.39 is 12.0 Å². The lowest BCUT2D eigenvalue weighted by Gasteiger charge is -2.25. The second-order valence-electron chi connectivity index (χ2n) is 8.00. The van der Waals surface area contributed by atoms with Gasteiger partial charge in [0, 0.05) is 10.0 Å². The third kappa shape index (κ3) is 5.08. The lowest BCUT2D eigenvalue weighted by atomic mass is 9.95. The van der Waals surface area contributed by atoms with Crippen molar-refractivity contribution in [1.29, 1.82) is 0 Å². The molecule has 0 saturated carbocycles. The predicted octanol–water partition coefficient (Wildman–Crippen LogP) is 3.98. The summed E-state index contributed by atoms with van der Waals surface area (Å²) in [6, 6.07) is 10.2. The first kappa shape index (κ1) is 26.7. The van der Waals surface area contributed by atoms with Gasteiger partial charge in [-0.25, -0.2) is 9.79 Å². The molecule has 0 spiro atoms. The molecule has 1 aromatic heterocycles. The maximum absolute atomic E-state index is 13.9. The Balaban J connectivity index is 1.97. The van der Waals surface area contributed by atoms with Gasteiger partial charge in [0.25, 0.3) is 5.56 Å². The van der Waals surface area contributed by atoms with Crippen molar-refractivity contribution in [3.05, 3.63) is 83.0 Å². The minimum atomic E-state index is -0.758. The van der Waals surface area contributed by atoms with Gasteiger partial charge in [-0.3, -0.25) is 9.36 Å². The van der Waals surface area contributed by atoms with E-state index in [9.17, 15) is 9.59 Å². The van der Waals surface area contributed by atoms with Crippen molar-refractivity contribution in [3.63, 3.8) is 0 Å². The van der Waals surface area contributed by atoms with E-state index in [4.69, 9.17) is 18.9 Å². The van der Waals surface area contributed by atoms with E-state index in [0.717, 1.165) is 10.0 Å². The van der Waals surface area contributed by atoms with E-state index in [1.54, 1.807) is 46.3 Å². The molecule has 37 heavy (non-hydrogen) atoms. The molecule has 0 amide bonds. The number of allylic oxidation sites excluding steroid dienone is 1. The third-order valence-corrected chi connectivity index (χ3v) is 7.49. The summed E-state index contributed by atoms with van der Waals surface area (Å²) in [6.07, 6.45) is 1.78. The Morgan fingerprint density at radius 3 is 2.51 bits per heavy atom. The molecule has 8 nitrogen and oxygen atoms in total. The van der Waals surface area contributed by atoms with Crippen molar-refractivity contribution >= 4 is 39.3 Å². The van der Waals surface area contributed by atoms with Gasteiger partial charge < -0.3 is 18.9 Å². The zero-order valence-electron chi connectivity index (χ0n) is 21.2. The van der Waals surface area contributed by atoms with E-state index in [1.165, 1.54) is 15.9 Å². The van der Waals surface area contributed by atoms with Gasteiger partial charge in [-0.1, -0.05) is 45.5 Å². The molecule has 10 heteroatoms. The van der Waals surface area contributed by atoms with Gasteiger partial charge in [0.15, 0.2) is 16.3 Å². The highest BCUT2D eigenvalue weighted by atomic mass is 79.9. The van der Waals surface area contributed by atoms with Crippen molar-refractivity contribution in [2.24, 2.45) is 4.99 Å².